The van der Waals surface area contributed by atoms with E-state index in [9.17, 15) is 13.5 Å². The predicted molar refractivity (Wildman–Crippen MR) is 95.7 cm³/mol. The number of ether oxygens (including phenoxy) is 1. The van der Waals surface area contributed by atoms with E-state index >= 15 is 0 Å². The topological polar surface area (TPSA) is 78.9 Å². The van der Waals surface area contributed by atoms with Crippen LogP contribution in [-0.4, -0.2) is 46.5 Å². The maximum Gasteiger partial charge on any atom is 0.206 e. The average molecular weight is 362 g/mol. The first-order valence-corrected chi connectivity index (χ1v) is 9.68. The van der Waals surface area contributed by atoms with Gasteiger partial charge in [-0.2, -0.15) is 0 Å². The average Bonchev–Trinajstić information content (AvgIpc) is 2.65. The van der Waals surface area contributed by atoms with Crippen molar-refractivity contribution in [1.29, 1.82) is 0 Å². The summed E-state index contributed by atoms with van der Waals surface area (Å²) in [6, 6.07) is 13.1. The minimum Gasteiger partial charge on any atom is -0.490 e. The van der Waals surface area contributed by atoms with Gasteiger partial charge in [-0.1, -0.05) is 18.2 Å². The van der Waals surface area contributed by atoms with E-state index in [0.717, 1.165) is 0 Å². The standard InChI is InChI=1S/C18H22N2O4S/c1-19-10-9-18(21)20-11-12-24-17-8-7-15(13-16(17)20)25(22,23)14-5-3-2-4-6-14/h2-8,13,18-19,21H,9-12H2,1H3. The molecule has 0 bridgehead atoms. The predicted octanol–water partition coefficient (Wildman–Crippen LogP) is 1.65. The number of rotatable bonds is 6. The van der Waals surface area contributed by atoms with Crippen LogP contribution in [0.15, 0.2) is 58.3 Å². The highest BCUT2D eigenvalue weighted by atomic mass is 32.2. The molecule has 0 aromatic heterocycles. The highest BCUT2D eigenvalue weighted by Crippen LogP contribution is 2.36. The summed E-state index contributed by atoms with van der Waals surface area (Å²) in [4.78, 5) is 2.22. The van der Waals surface area contributed by atoms with Gasteiger partial charge in [0.2, 0.25) is 9.84 Å². The van der Waals surface area contributed by atoms with Gasteiger partial charge in [-0.05, 0) is 43.9 Å². The number of nitrogens with one attached hydrogen (secondary N) is 1. The van der Waals surface area contributed by atoms with Gasteiger partial charge in [0, 0.05) is 6.42 Å². The van der Waals surface area contributed by atoms with Gasteiger partial charge in [0.1, 0.15) is 18.6 Å². The maximum absolute atomic E-state index is 12.8. The third-order valence-electron chi connectivity index (χ3n) is 4.21. The molecule has 0 radical (unpaired) electrons. The molecular formula is C18H22N2O4S. The molecule has 0 spiro atoms. The molecule has 1 atom stereocenters. The first-order chi connectivity index (χ1) is 12.0. The third kappa shape index (κ3) is 3.63. The van der Waals surface area contributed by atoms with Gasteiger partial charge in [-0.15, -0.1) is 0 Å². The van der Waals surface area contributed by atoms with Crippen molar-refractivity contribution in [1.82, 2.24) is 5.32 Å². The molecule has 7 heteroatoms. The molecule has 1 aliphatic rings. The fourth-order valence-corrected chi connectivity index (χ4v) is 4.16. The lowest BCUT2D eigenvalue weighted by atomic mass is 10.2. The fourth-order valence-electron chi connectivity index (χ4n) is 2.86. The highest BCUT2D eigenvalue weighted by Gasteiger charge is 2.26. The van der Waals surface area contributed by atoms with E-state index in [2.05, 4.69) is 5.32 Å². The number of aliphatic hydroxyl groups excluding tert-OH is 1. The van der Waals surface area contributed by atoms with E-state index < -0.39 is 16.1 Å². The molecule has 6 nitrogen and oxygen atoms in total. The van der Waals surface area contributed by atoms with Crippen LogP contribution in [0.5, 0.6) is 5.75 Å². The summed E-state index contributed by atoms with van der Waals surface area (Å²) in [5.74, 6) is 0.585. The Labute approximate surface area is 148 Å². The van der Waals surface area contributed by atoms with Crippen LogP contribution >= 0.6 is 0 Å². The molecule has 1 aliphatic heterocycles. The van der Waals surface area contributed by atoms with E-state index in [1.54, 1.807) is 53.4 Å². The van der Waals surface area contributed by atoms with Crippen molar-refractivity contribution < 1.29 is 18.3 Å². The van der Waals surface area contributed by atoms with Gasteiger partial charge in [0.25, 0.3) is 0 Å². The zero-order valence-corrected chi connectivity index (χ0v) is 14.9. The van der Waals surface area contributed by atoms with Crippen molar-refractivity contribution >= 4 is 15.5 Å². The van der Waals surface area contributed by atoms with Gasteiger partial charge in [-0.3, -0.25) is 0 Å². The molecule has 0 amide bonds. The van der Waals surface area contributed by atoms with Crippen LogP contribution < -0.4 is 15.0 Å². The number of hydrogen-bond donors (Lipinski definition) is 2. The van der Waals surface area contributed by atoms with Crippen molar-refractivity contribution in [2.45, 2.75) is 22.4 Å². The summed E-state index contributed by atoms with van der Waals surface area (Å²) >= 11 is 0. The number of nitrogens with zero attached hydrogens (tertiary/aromatic N) is 1. The van der Waals surface area contributed by atoms with Crippen LogP contribution in [0.3, 0.4) is 0 Å². The summed E-state index contributed by atoms with van der Waals surface area (Å²) in [6.45, 7) is 1.62. The summed E-state index contributed by atoms with van der Waals surface area (Å²) < 4.78 is 31.3. The monoisotopic (exact) mass is 362 g/mol. The third-order valence-corrected chi connectivity index (χ3v) is 5.97. The van der Waals surface area contributed by atoms with E-state index in [1.807, 2.05) is 7.05 Å². The van der Waals surface area contributed by atoms with Gasteiger partial charge in [-0.25, -0.2) is 8.42 Å². The first-order valence-electron chi connectivity index (χ1n) is 8.20. The summed E-state index contributed by atoms with van der Waals surface area (Å²) in [7, 11) is -1.79. The zero-order valence-electron chi connectivity index (χ0n) is 14.1. The van der Waals surface area contributed by atoms with Crippen molar-refractivity contribution in [2.24, 2.45) is 0 Å². The Bertz CT molecular complexity index is 824. The second-order valence-corrected chi connectivity index (χ2v) is 7.81. The van der Waals surface area contributed by atoms with Gasteiger partial charge < -0.3 is 20.1 Å². The van der Waals surface area contributed by atoms with Crippen LogP contribution in [0.2, 0.25) is 0 Å². The Hall–Kier alpha value is -2.09. The molecule has 3 rings (SSSR count). The van der Waals surface area contributed by atoms with E-state index in [-0.39, 0.29) is 9.79 Å². The lowest BCUT2D eigenvalue weighted by Crippen LogP contribution is -2.42. The lowest BCUT2D eigenvalue weighted by molar-refractivity contribution is 0.145. The van der Waals surface area contributed by atoms with Crippen LogP contribution in [0.4, 0.5) is 5.69 Å². The molecule has 0 fully saturated rings. The molecule has 25 heavy (non-hydrogen) atoms. The smallest absolute Gasteiger partial charge is 0.206 e. The summed E-state index contributed by atoms with van der Waals surface area (Å²) in [5.41, 5.74) is 0.604. The molecule has 2 N–H and O–H groups in total. The molecule has 1 unspecified atom stereocenters. The van der Waals surface area contributed by atoms with Crippen molar-refractivity contribution in [3.63, 3.8) is 0 Å². The Balaban J connectivity index is 1.97. The van der Waals surface area contributed by atoms with Gasteiger partial charge in [0.15, 0.2) is 0 Å². The van der Waals surface area contributed by atoms with Crippen LogP contribution in [0.1, 0.15) is 6.42 Å². The SMILES string of the molecule is CNCCC(O)N1CCOc2ccc(S(=O)(=O)c3ccccc3)cc21. The largest absolute Gasteiger partial charge is 0.490 e. The minimum atomic E-state index is -3.61. The number of fused-ring (bicyclic) bond motifs is 1. The fraction of sp³-hybridized carbons (Fsp3) is 0.333. The number of aliphatic hydroxyl groups is 1. The zero-order chi connectivity index (χ0) is 17.9. The van der Waals surface area contributed by atoms with Crippen LogP contribution in [0.25, 0.3) is 0 Å². The summed E-state index contributed by atoms with van der Waals surface area (Å²) in [6.07, 6.45) is -0.171. The molecule has 0 aliphatic carbocycles. The number of sulfone groups is 1. The maximum atomic E-state index is 12.8. The number of anilines is 1. The molecular weight excluding hydrogens is 340 g/mol. The Morgan fingerprint density at radius 3 is 2.68 bits per heavy atom. The quantitative estimate of drug-likeness (QED) is 0.813. The van der Waals surface area contributed by atoms with E-state index in [4.69, 9.17) is 4.74 Å². The molecule has 2 aromatic carbocycles. The molecule has 0 saturated heterocycles. The lowest BCUT2D eigenvalue weighted by Gasteiger charge is -2.35. The first kappa shape index (κ1) is 17.7. The van der Waals surface area contributed by atoms with Crippen molar-refractivity contribution in [3.8, 4) is 5.75 Å². The van der Waals surface area contributed by atoms with Gasteiger partial charge in [0.05, 0.1) is 22.0 Å². The Morgan fingerprint density at radius 1 is 1.20 bits per heavy atom. The van der Waals surface area contributed by atoms with E-state index in [1.165, 1.54) is 0 Å². The second-order valence-electron chi connectivity index (χ2n) is 5.86. The number of hydrogen-bond acceptors (Lipinski definition) is 6. The molecule has 2 aromatic rings. The molecule has 1 heterocycles. The Kier molecular flexibility index (Phi) is 5.27. The van der Waals surface area contributed by atoms with E-state index in [0.29, 0.717) is 37.6 Å². The second kappa shape index (κ2) is 7.43. The molecule has 134 valence electrons. The van der Waals surface area contributed by atoms with Crippen LogP contribution in [-0.2, 0) is 9.84 Å². The summed E-state index contributed by atoms with van der Waals surface area (Å²) in [5, 5.41) is 13.4. The van der Waals surface area contributed by atoms with Crippen molar-refractivity contribution in [3.05, 3.63) is 48.5 Å². The Morgan fingerprint density at radius 2 is 1.96 bits per heavy atom. The minimum absolute atomic E-state index is 0.189. The van der Waals surface area contributed by atoms with Gasteiger partial charge >= 0.3 is 0 Å². The highest BCUT2D eigenvalue weighted by molar-refractivity contribution is 7.91. The number of benzene rings is 2. The van der Waals surface area contributed by atoms with Crippen LogP contribution in [0, 0.1) is 0 Å². The van der Waals surface area contributed by atoms with Crippen molar-refractivity contribution in [2.75, 3.05) is 31.6 Å². The normalized spacial score (nSPS) is 15.4. The molecule has 0 saturated carbocycles.